The van der Waals surface area contributed by atoms with E-state index in [4.69, 9.17) is 4.74 Å². The summed E-state index contributed by atoms with van der Waals surface area (Å²) < 4.78 is 43.9. The van der Waals surface area contributed by atoms with Crippen molar-refractivity contribution in [3.05, 3.63) is 64.2 Å². The van der Waals surface area contributed by atoms with Gasteiger partial charge in [-0.3, -0.25) is 4.79 Å². The summed E-state index contributed by atoms with van der Waals surface area (Å²) in [6, 6.07) is 4.37. The molecule has 1 saturated carbocycles. The molecule has 5 atom stereocenters. The maximum Gasteiger partial charge on any atom is 0.416 e. The van der Waals surface area contributed by atoms with E-state index in [1.54, 1.807) is 6.08 Å². The molecule has 1 aliphatic rings. The molecular weight excluding hydrogens is 561 g/mol. The summed E-state index contributed by atoms with van der Waals surface area (Å²) in [5, 5.41) is 43.1. The highest BCUT2D eigenvalue weighted by atomic mass is 19.4. The van der Waals surface area contributed by atoms with Gasteiger partial charge in [-0.25, -0.2) is 0 Å². The molecule has 0 bridgehead atoms. The molecule has 1 aromatic carbocycles. The molecule has 2 rings (SSSR count). The highest BCUT2D eigenvalue weighted by molar-refractivity contribution is 5.75. The maximum atomic E-state index is 12.9. The molecule has 1 aromatic rings. The van der Waals surface area contributed by atoms with E-state index in [1.807, 2.05) is 12.2 Å². The molecule has 236 valence electrons. The van der Waals surface area contributed by atoms with E-state index in [0.29, 0.717) is 38.6 Å². The fraction of sp³-hybridized carbons (Fsp3) is 0.621. The first kappa shape index (κ1) is 35.0. The minimum Gasteiger partial charge on any atom is -0.491 e. The number of ether oxygens (including phenoxy) is 1. The van der Waals surface area contributed by atoms with Gasteiger partial charge in [0.05, 0.1) is 24.4 Å². The summed E-state index contributed by atoms with van der Waals surface area (Å²) in [5.74, 6) is -0.766. The van der Waals surface area contributed by atoms with E-state index in [0.717, 1.165) is 31.4 Å². The molecule has 0 aliphatic heterocycles. The number of carbonyl (C=O) groups is 1. The molecule has 4 N–H and O–H groups in total. The van der Waals surface area contributed by atoms with Crippen LogP contribution in [0.15, 0.2) is 48.6 Å². The van der Waals surface area contributed by atoms with Gasteiger partial charge in [-0.15, -0.1) is 10.1 Å². The van der Waals surface area contributed by atoms with E-state index < -0.39 is 41.1 Å². The van der Waals surface area contributed by atoms with Gasteiger partial charge in [0.25, 0.3) is 5.09 Å². The van der Waals surface area contributed by atoms with Crippen molar-refractivity contribution in [2.45, 2.75) is 82.3 Å². The molecular formula is C29H41F3N2O8. The minimum atomic E-state index is -4.50. The summed E-state index contributed by atoms with van der Waals surface area (Å²) in [4.78, 5) is 26.2. The van der Waals surface area contributed by atoms with Crippen molar-refractivity contribution in [2.75, 3.05) is 19.8 Å². The number of aliphatic hydroxyl groups excluding tert-OH is 3. The first-order chi connectivity index (χ1) is 20.0. The largest absolute Gasteiger partial charge is 0.491 e. The summed E-state index contributed by atoms with van der Waals surface area (Å²) in [5.41, 5.74) is -0.850. The van der Waals surface area contributed by atoms with Crippen LogP contribution >= 0.6 is 0 Å². The van der Waals surface area contributed by atoms with Gasteiger partial charge in [0.1, 0.15) is 18.5 Å². The van der Waals surface area contributed by atoms with Gasteiger partial charge in [0.15, 0.2) is 0 Å². The first-order valence-corrected chi connectivity index (χ1v) is 14.2. The van der Waals surface area contributed by atoms with Gasteiger partial charge in [-0.05, 0) is 56.2 Å². The monoisotopic (exact) mass is 602 g/mol. The third-order valence-electron chi connectivity index (χ3n) is 6.99. The fourth-order valence-electron chi connectivity index (χ4n) is 4.75. The molecule has 0 unspecified atom stereocenters. The van der Waals surface area contributed by atoms with Gasteiger partial charge in [0, 0.05) is 25.3 Å². The third-order valence-corrected chi connectivity index (χ3v) is 6.99. The zero-order valence-electron chi connectivity index (χ0n) is 23.5. The number of nitrogens with one attached hydrogen (secondary N) is 1. The van der Waals surface area contributed by atoms with Crippen LogP contribution in [0.4, 0.5) is 13.2 Å². The zero-order valence-corrected chi connectivity index (χ0v) is 23.5. The Morgan fingerprint density at radius 3 is 2.64 bits per heavy atom. The number of hydrogen-bond acceptors (Lipinski definition) is 8. The van der Waals surface area contributed by atoms with Crippen molar-refractivity contribution in [3.8, 4) is 5.75 Å². The Bertz CT molecular complexity index is 1020. The number of rotatable bonds is 19. The Kier molecular flexibility index (Phi) is 15.3. The lowest BCUT2D eigenvalue weighted by molar-refractivity contribution is -0.757. The van der Waals surface area contributed by atoms with E-state index in [2.05, 4.69) is 10.2 Å². The summed E-state index contributed by atoms with van der Waals surface area (Å²) in [6.45, 7) is 0.356. The molecule has 1 amide bonds. The molecule has 1 aliphatic carbocycles. The number of benzene rings is 1. The second-order valence-corrected chi connectivity index (χ2v) is 10.3. The third kappa shape index (κ3) is 13.7. The van der Waals surface area contributed by atoms with Crippen molar-refractivity contribution in [2.24, 2.45) is 11.8 Å². The number of unbranched alkanes of at least 4 members (excludes halogenated alkanes) is 4. The summed E-state index contributed by atoms with van der Waals surface area (Å²) in [7, 11) is 0. The Balaban J connectivity index is 1.66. The quantitative estimate of drug-likeness (QED) is 0.0789. The van der Waals surface area contributed by atoms with Crippen LogP contribution in [0.5, 0.6) is 5.75 Å². The number of aliphatic hydroxyl groups is 3. The number of carbonyl (C=O) groups excluding carboxylic acids is 1. The molecule has 0 heterocycles. The van der Waals surface area contributed by atoms with Crippen LogP contribution in [0.1, 0.15) is 63.4 Å². The molecule has 42 heavy (non-hydrogen) atoms. The number of nitrogens with zero attached hydrogens (tertiary/aromatic N) is 1. The number of alkyl halides is 3. The van der Waals surface area contributed by atoms with Crippen LogP contribution in [0.2, 0.25) is 0 Å². The standard InChI is InChI=1S/C29H41F3N2O8/c30-29(31,32)21-10-9-11-23(18-21)41-20-22(35)14-15-25-24(26(36)19-27(25)37)12-5-1-2-6-13-28(38)33-16-7-3-4-8-17-42-34(39)40/h1,5,9-11,14-15,18,22,24-27,35-37H,2-4,6-8,12-13,16-17,19-20H2,(H,33,38)/t22-,24-,25-,26+,27-/m1/s1. The van der Waals surface area contributed by atoms with Crippen LogP contribution in [0.3, 0.4) is 0 Å². The molecule has 0 spiro atoms. The Hall–Kier alpha value is -3.16. The van der Waals surface area contributed by atoms with Gasteiger partial charge < -0.3 is 30.2 Å². The highest BCUT2D eigenvalue weighted by Gasteiger charge is 2.39. The van der Waals surface area contributed by atoms with Crippen LogP contribution in [0.25, 0.3) is 0 Å². The maximum absolute atomic E-state index is 12.9. The van der Waals surface area contributed by atoms with E-state index >= 15 is 0 Å². The van der Waals surface area contributed by atoms with E-state index in [-0.39, 0.29) is 37.2 Å². The lowest BCUT2D eigenvalue weighted by Crippen LogP contribution is -2.23. The second-order valence-electron chi connectivity index (χ2n) is 10.3. The first-order valence-electron chi connectivity index (χ1n) is 14.2. The van der Waals surface area contributed by atoms with Gasteiger partial charge in [0.2, 0.25) is 5.91 Å². The van der Waals surface area contributed by atoms with Crippen molar-refractivity contribution in [1.29, 1.82) is 0 Å². The van der Waals surface area contributed by atoms with Gasteiger partial charge in [-0.2, -0.15) is 13.2 Å². The van der Waals surface area contributed by atoms with Crippen molar-refractivity contribution >= 4 is 5.91 Å². The topological polar surface area (TPSA) is 151 Å². The van der Waals surface area contributed by atoms with Crippen molar-refractivity contribution in [3.63, 3.8) is 0 Å². The van der Waals surface area contributed by atoms with E-state index in [1.165, 1.54) is 18.2 Å². The molecule has 1 fully saturated rings. The summed E-state index contributed by atoms with van der Waals surface area (Å²) >= 11 is 0. The number of halogens is 3. The Morgan fingerprint density at radius 1 is 1.14 bits per heavy atom. The molecule has 13 heteroatoms. The fourth-order valence-corrected chi connectivity index (χ4v) is 4.75. The predicted octanol–water partition coefficient (Wildman–Crippen LogP) is 4.36. The molecule has 0 saturated heterocycles. The summed E-state index contributed by atoms with van der Waals surface area (Å²) in [6.07, 6.45) is 5.09. The van der Waals surface area contributed by atoms with Crippen molar-refractivity contribution in [1.82, 2.24) is 5.32 Å². The van der Waals surface area contributed by atoms with Gasteiger partial charge in [-0.1, -0.05) is 43.2 Å². The number of allylic oxidation sites excluding steroid dienone is 2. The minimum absolute atomic E-state index is 0.0237. The van der Waals surface area contributed by atoms with Gasteiger partial charge >= 0.3 is 6.18 Å². The average Bonchev–Trinajstić information content (AvgIpc) is 3.20. The lowest BCUT2D eigenvalue weighted by atomic mass is 9.89. The van der Waals surface area contributed by atoms with Crippen molar-refractivity contribution < 1.29 is 47.9 Å². The normalized spacial score (nSPS) is 21.6. The Morgan fingerprint density at radius 2 is 1.90 bits per heavy atom. The van der Waals surface area contributed by atoms with Crippen LogP contribution < -0.4 is 10.1 Å². The number of hydrogen-bond donors (Lipinski definition) is 4. The van der Waals surface area contributed by atoms with Crippen LogP contribution in [-0.2, 0) is 15.8 Å². The molecule has 0 aromatic heterocycles. The average molecular weight is 603 g/mol. The lowest BCUT2D eigenvalue weighted by Gasteiger charge is -2.19. The molecule has 10 nitrogen and oxygen atoms in total. The SMILES string of the molecule is O=C(CCCC=CC[C@@H]1[C@@H](C=C[C@@H](O)COc2cccc(C(F)(F)F)c2)[C@H](O)C[C@@H]1O)NCCCCCCO[N+](=O)[O-]. The highest BCUT2D eigenvalue weighted by Crippen LogP contribution is 2.36. The second kappa shape index (κ2) is 18.4. The smallest absolute Gasteiger partial charge is 0.416 e. The predicted molar refractivity (Wildman–Crippen MR) is 148 cm³/mol. The van der Waals surface area contributed by atoms with Crippen LogP contribution in [0, 0.1) is 22.0 Å². The molecule has 0 radical (unpaired) electrons. The number of amides is 1. The zero-order chi connectivity index (χ0) is 31.0. The Labute approximate surface area is 243 Å². The van der Waals surface area contributed by atoms with E-state index in [9.17, 15) is 43.4 Å². The van der Waals surface area contributed by atoms with Crippen LogP contribution in [-0.4, -0.2) is 64.4 Å².